The predicted octanol–water partition coefficient (Wildman–Crippen LogP) is 1.63. The molecule has 16 heavy (non-hydrogen) atoms. The van der Waals surface area contributed by atoms with Crippen LogP contribution in [0.2, 0.25) is 0 Å². The number of hydrogen-bond acceptors (Lipinski definition) is 2. The Morgan fingerprint density at radius 3 is 2.38 bits per heavy atom. The summed E-state index contributed by atoms with van der Waals surface area (Å²) in [6.07, 6.45) is 1.85. The minimum absolute atomic E-state index is 0.453. The molecule has 0 unspecified atom stereocenters. The van der Waals surface area contributed by atoms with Gasteiger partial charge in [-0.3, -0.25) is 4.68 Å². The minimum Gasteiger partial charge on any atom is -0.316 e. The molecule has 3 heteroatoms. The summed E-state index contributed by atoms with van der Waals surface area (Å²) < 4.78 is 1.92. The van der Waals surface area contributed by atoms with Gasteiger partial charge in [0.1, 0.15) is 0 Å². The topological polar surface area (TPSA) is 43.8 Å². The van der Waals surface area contributed by atoms with Gasteiger partial charge in [0.15, 0.2) is 0 Å². The summed E-state index contributed by atoms with van der Waals surface area (Å²) >= 11 is 0. The first-order valence-corrected chi connectivity index (χ1v) is 5.75. The van der Waals surface area contributed by atoms with Crippen LogP contribution in [0.3, 0.4) is 0 Å². The van der Waals surface area contributed by atoms with Crippen molar-refractivity contribution in [2.75, 3.05) is 0 Å². The standard InChI is InChI=1S/C13H21N3/c1-6-11-10(8-9-13(3,4)14)12(7-2)16(5)15-11/h6-7,14H2,1-5H3. The van der Waals surface area contributed by atoms with Gasteiger partial charge in [0, 0.05) is 7.05 Å². The average molecular weight is 219 g/mol. The molecule has 0 aliphatic rings. The maximum Gasteiger partial charge on any atom is 0.0781 e. The quantitative estimate of drug-likeness (QED) is 0.768. The molecule has 3 nitrogen and oxygen atoms in total. The lowest BCUT2D eigenvalue weighted by atomic mass is 10.1. The van der Waals surface area contributed by atoms with Gasteiger partial charge in [-0.15, -0.1) is 0 Å². The molecule has 0 amide bonds. The van der Waals surface area contributed by atoms with Gasteiger partial charge in [-0.25, -0.2) is 0 Å². The Hall–Kier alpha value is -1.27. The summed E-state index contributed by atoms with van der Waals surface area (Å²) in [6, 6.07) is 0. The first kappa shape index (κ1) is 12.8. The van der Waals surface area contributed by atoms with Crippen molar-refractivity contribution in [2.24, 2.45) is 12.8 Å². The van der Waals surface area contributed by atoms with Gasteiger partial charge in [0.05, 0.1) is 22.5 Å². The number of nitrogens with two attached hydrogens (primary N) is 1. The Kier molecular flexibility index (Phi) is 3.77. The minimum atomic E-state index is -0.453. The van der Waals surface area contributed by atoms with Gasteiger partial charge >= 0.3 is 0 Å². The Labute approximate surface area is 98.0 Å². The zero-order valence-electron chi connectivity index (χ0n) is 10.9. The molecule has 1 aromatic heterocycles. The van der Waals surface area contributed by atoms with Crippen molar-refractivity contribution < 1.29 is 0 Å². The van der Waals surface area contributed by atoms with Gasteiger partial charge in [0.25, 0.3) is 0 Å². The van der Waals surface area contributed by atoms with Crippen LogP contribution in [0.15, 0.2) is 0 Å². The second-order valence-electron chi connectivity index (χ2n) is 4.57. The molecule has 0 fully saturated rings. The van der Waals surface area contributed by atoms with E-state index in [1.54, 1.807) is 0 Å². The van der Waals surface area contributed by atoms with Gasteiger partial charge in [0.2, 0.25) is 0 Å². The summed E-state index contributed by atoms with van der Waals surface area (Å²) in [5.41, 5.74) is 8.74. The SMILES string of the molecule is CCc1nn(C)c(CC)c1C#CC(C)(C)N. The molecular formula is C13H21N3. The lowest BCUT2D eigenvalue weighted by Crippen LogP contribution is -2.29. The highest BCUT2D eigenvalue weighted by molar-refractivity contribution is 5.43. The maximum absolute atomic E-state index is 5.87. The molecule has 1 heterocycles. The highest BCUT2D eigenvalue weighted by Gasteiger charge is 2.12. The van der Waals surface area contributed by atoms with E-state index in [0.717, 1.165) is 24.1 Å². The van der Waals surface area contributed by atoms with Crippen LogP contribution in [-0.4, -0.2) is 15.3 Å². The van der Waals surface area contributed by atoms with E-state index in [4.69, 9.17) is 5.73 Å². The van der Waals surface area contributed by atoms with Crippen molar-refractivity contribution in [3.8, 4) is 11.8 Å². The Morgan fingerprint density at radius 2 is 1.94 bits per heavy atom. The molecule has 0 radical (unpaired) electrons. The monoisotopic (exact) mass is 219 g/mol. The molecule has 0 spiro atoms. The number of aryl methyl sites for hydroxylation is 2. The number of hydrogen-bond donors (Lipinski definition) is 1. The molecule has 1 rings (SSSR count). The van der Waals surface area contributed by atoms with Crippen molar-refractivity contribution in [2.45, 2.75) is 46.1 Å². The van der Waals surface area contributed by atoms with Crippen LogP contribution in [0.25, 0.3) is 0 Å². The molecule has 88 valence electrons. The van der Waals surface area contributed by atoms with Crippen LogP contribution in [0.1, 0.15) is 44.6 Å². The lowest BCUT2D eigenvalue weighted by Gasteiger charge is -2.07. The molecule has 2 N–H and O–H groups in total. The second kappa shape index (κ2) is 4.71. The Morgan fingerprint density at radius 1 is 1.31 bits per heavy atom. The third-order valence-electron chi connectivity index (χ3n) is 2.42. The van der Waals surface area contributed by atoms with E-state index in [0.29, 0.717) is 0 Å². The lowest BCUT2D eigenvalue weighted by molar-refractivity contribution is 0.680. The fourth-order valence-corrected chi connectivity index (χ4v) is 1.64. The van der Waals surface area contributed by atoms with E-state index in [1.165, 1.54) is 5.69 Å². The number of nitrogens with zero attached hydrogens (tertiary/aromatic N) is 2. The van der Waals surface area contributed by atoms with Crippen molar-refractivity contribution in [3.63, 3.8) is 0 Å². The van der Waals surface area contributed by atoms with E-state index in [2.05, 4.69) is 30.8 Å². The zero-order chi connectivity index (χ0) is 12.3. The van der Waals surface area contributed by atoms with Crippen LogP contribution < -0.4 is 5.73 Å². The van der Waals surface area contributed by atoms with Gasteiger partial charge in [-0.1, -0.05) is 25.7 Å². The third kappa shape index (κ3) is 2.86. The van der Waals surface area contributed by atoms with E-state index >= 15 is 0 Å². The van der Waals surface area contributed by atoms with Gasteiger partial charge in [-0.05, 0) is 26.7 Å². The molecular weight excluding hydrogens is 198 g/mol. The second-order valence-corrected chi connectivity index (χ2v) is 4.57. The highest BCUT2D eigenvalue weighted by atomic mass is 15.3. The molecule has 0 aliphatic heterocycles. The smallest absolute Gasteiger partial charge is 0.0781 e. The number of aromatic nitrogens is 2. The first-order chi connectivity index (χ1) is 7.39. The van der Waals surface area contributed by atoms with Crippen LogP contribution in [-0.2, 0) is 19.9 Å². The Bertz CT molecular complexity index is 425. The van der Waals surface area contributed by atoms with Crippen LogP contribution >= 0.6 is 0 Å². The molecule has 1 aromatic rings. The fraction of sp³-hybridized carbons (Fsp3) is 0.615. The van der Waals surface area contributed by atoms with Crippen LogP contribution in [0, 0.1) is 11.8 Å². The van der Waals surface area contributed by atoms with Crippen LogP contribution in [0.5, 0.6) is 0 Å². The molecule has 0 aromatic carbocycles. The summed E-state index contributed by atoms with van der Waals surface area (Å²) in [4.78, 5) is 0. The molecule has 0 saturated heterocycles. The summed E-state index contributed by atoms with van der Waals surface area (Å²) in [5.74, 6) is 6.26. The van der Waals surface area contributed by atoms with Crippen molar-refractivity contribution in [1.82, 2.24) is 9.78 Å². The Balaban J connectivity index is 3.24. The zero-order valence-corrected chi connectivity index (χ0v) is 10.9. The molecule has 0 atom stereocenters. The normalized spacial score (nSPS) is 11.1. The summed E-state index contributed by atoms with van der Waals surface area (Å²) in [5, 5.41) is 4.47. The third-order valence-corrected chi connectivity index (χ3v) is 2.42. The van der Waals surface area contributed by atoms with Crippen LogP contribution in [0.4, 0.5) is 0 Å². The van der Waals surface area contributed by atoms with E-state index < -0.39 is 5.54 Å². The maximum atomic E-state index is 5.87. The number of rotatable bonds is 2. The van der Waals surface area contributed by atoms with Crippen molar-refractivity contribution >= 4 is 0 Å². The average Bonchev–Trinajstić information content (AvgIpc) is 2.49. The summed E-state index contributed by atoms with van der Waals surface area (Å²) in [6.45, 7) is 8.04. The van der Waals surface area contributed by atoms with Crippen molar-refractivity contribution in [3.05, 3.63) is 17.0 Å². The van der Waals surface area contributed by atoms with E-state index in [-0.39, 0.29) is 0 Å². The largest absolute Gasteiger partial charge is 0.316 e. The molecule has 0 saturated carbocycles. The molecule has 0 aliphatic carbocycles. The fourth-order valence-electron chi connectivity index (χ4n) is 1.64. The first-order valence-electron chi connectivity index (χ1n) is 5.75. The van der Waals surface area contributed by atoms with E-state index in [9.17, 15) is 0 Å². The van der Waals surface area contributed by atoms with Gasteiger partial charge < -0.3 is 5.73 Å². The summed E-state index contributed by atoms with van der Waals surface area (Å²) in [7, 11) is 1.97. The predicted molar refractivity (Wildman–Crippen MR) is 67.1 cm³/mol. The van der Waals surface area contributed by atoms with E-state index in [1.807, 2.05) is 25.6 Å². The van der Waals surface area contributed by atoms with Crippen molar-refractivity contribution in [1.29, 1.82) is 0 Å². The highest BCUT2D eigenvalue weighted by Crippen LogP contribution is 2.14. The molecule has 0 bridgehead atoms. The van der Waals surface area contributed by atoms with Gasteiger partial charge in [-0.2, -0.15) is 5.10 Å².